The van der Waals surface area contributed by atoms with E-state index >= 15 is 0 Å². The summed E-state index contributed by atoms with van der Waals surface area (Å²) in [6.45, 7) is 8.18. The molecule has 2 rings (SSSR count). The molecule has 1 aromatic rings. The summed E-state index contributed by atoms with van der Waals surface area (Å²) >= 11 is 1.84. The number of hydrogen-bond acceptors (Lipinski definition) is 5. The van der Waals surface area contributed by atoms with Gasteiger partial charge in [-0.15, -0.1) is 10.2 Å². The van der Waals surface area contributed by atoms with Gasteiger partial charge in [0.2, 0.25) is 5.95 Å². The molecule has 0 atom stereocenters. The monoisotopic (exact) mass is 311 g/mol. The molecule has 1 saturated heterocycles. The third-order valence-electron chi connectivity index (χ3n) is 3.86. The van der Waals surface area contributed by atoms with E-state index in [0.29, 0.717) is 6.04 Å². The normalized spacial score (nSPS) is 16.6. The van der Waals surface area contributed by atoms with Crippen LogP contribution >= 0.6 is 11.8 Å². The highest BCUT2D eigenvalue weighted by Crippen LogP contribution is 2.25. The van der Waals surface area contributed by atoms with Gasteiger partial charge >= 0.3 is 0 Å². The van der Waals surface area contributed by atoms with Gasteiger partial charge in [0, 0.05) is 25.9 Å². The zero-order valence-electron chi connectivity index (χ0n) is 13.9. The van der Waals surface area contributed by atoms with Gasteiger partial charge in [0.15, 0.2) is 5.16 Å². The van der Waals surface area contributed by atoms with Crippen molar-refractivity contribution in [2.24, 2.45) is 0 Å². The lowest BCUT2D eigenvalue weighted by molar-refractivity contribution is 0.230. The van der Waals surface area contributed by atoms with Crippen molar-refractivity contribution in [2.75, 3.05) is 44.4 Å². The van der Waals surface area contributed by atoms with E-state index in [0.717, 1.165) is 16.9 Å². The van der Waals surface area contributed by atoms with Crippen molar-refractivity contribution in [2.45, 2.75) is 50.7 Å². The summed E-state index contributed by atoms with van der Waals surface area (Å²) in [5.41, 5.74) is 0. The summed E-state index contributed by atoms with van der Waals surface area (Å²) in [6, 6.07) is 0.391. The van der Waals surface area contributed by atoms with Crippen LogP contribution in [0.25, 0.3) is 0 Å². The lowest BCUT2D eigenvalue weighted by atomic mass is 10.1. The maximum absolute atomic E-state index is 4.36. The molecule has 1 aliphatic heterocycles. The highest BCUT2D eigenvalue weighted by molar-refractivity contribution is 7.99. The van der Waals surface area contributed by atoms with Crippen molar-refractivity contribution < 1.29 is 0 Å². The maximum atomic E-state index is 4.36. The quantitative estimate of drug-likeness (QED) is 0.572. The Hall–Kier alpha value is -0.750. The Labute approximate surface area is 133 Å². The van der Waals surface area contributed by atoms with Gasteiger partial charge in [-0.25, -0.2) is 0 Å². The maximum Gasteiger partial charge on any atom is 0.227 e. The van der Waals surface area contributed by atoms with E-state index in [1.54, 1.807) is 0 Å². The summed E-state index contributed by atoms with van der Waals surface area (Å²) in [4.78, 5) is 4.63. The molecule has 0 amide bonds. The minimum atomic E-state index is 0.391. The van der Waals surface area contributed by atoms with Crippen molar-refractivity contribution in [3.8, 4) is 0 Å². The number of anilines is 1. The number of thioether (sulfide) groups is 1. The van der Waals surface area contributed by atoms with Gasteiger partial charge in [0.05, 0.1) is 0 Å². The predicted molar refractivity (Wildman–Crippen MR) is 90.4 cm³/mol. The first kappa shape index (κ1) is 16.6. The Balaban J connectivity index is 1.82. The number of hydrogen-bond donors (Lipinski definition) is 0. The molecule has 0 radical (unpaired) electrons. The number of aromatic nitrogens is 3. The fourth-order valence-electron chi connectivity index (χ4n) is 2.76. The summed E-state index contributed by atoms with van der Waals surface area (Å²) in [6.07, 6.45) is 5.39. The molecule has 0 N–H and O–H groups in total. The molecular formula is C15H29N5S. The first-order valence-electron chi connectivity index (χ1n) is 8.07. The van der Waals surface area contributed by atoms with Crippen molar-refractivity contribution >= 4 is 17.7 Å². The minimum absolute atomic E-state index is 0.391. The summed E-state index contributed by atoms with van der Waals surface area (Å²) < 4.78 is 2.23. The van der Waals surface area contributed by atoms with Crippen LogP contribution in [0.15, 0.2) is 5.16 Å². The lowest BCUT2D eigenvalue weighted by Crippen LogP contribution is -2.30. The molecule has 2 heterocycles. The summed E-state index contributed by atoms with van der Waals surface area (Å²) in [5, 5.41) is 9.73. The SMILES string of the molecule is CC(C)n1c(SCCCN2CCCCC2)nnc1N(C)C. The van der Waals surface area contributed by atoms with E-state index in [1.807, 2.05) is 30.8 Å². The smallest absolute Gasteiger partial charge is 0.227 e. The molecule has 1 aliphatic rings. The van der Waals surface area contributed by atoms with E-state index in [4.69, 9.17) is 0 Å². The van der Waals surface area contributed by atoms with Crippen LogP contribution in [0.2, 0.25) is 0 Å². The number of rotatable bonds is 7. The second kappa shape index (κ2) is 8.03. The molecule has 0 saturated carbocycles. The zero-order chi connectivity index (χ0) is 15.2. The second-order valence-corrected chi connectivity index (χ2v) is 7.31. The average molecular weight is 311 g/mol. The largest absolute Gasteiger partial charge is 0.347 e. The molecule has 120 valence electrons. The van der Waals surface area contributed by atoms with Crippen LogP contribution in [0.5, 0.6) is 0 Å². The molecule has 0 bridgehead atoms. The molecule has 0 unspecified atom stereocenters. The van der Waals surface area contributed by atoms with Crippen molar-refractivity contribution in [3.05, 3.63) is 0 Å². The fourth-order valence-corrected chi connectivity index (χ4v) is 3.75. The first-order chi connectivity index (χ1) is 10.1. The second-order valence-electron chi connectivity index (χ2n) is 6.25. The van der Waals surface area contributed by atoms with E-state index in [1.165, 1.54) is 45.3 Å². The molecule has 6 heteroatoms. The van der Waals surface area contributed by atoms with Crippen molar-refractivity contribution in [1.29, 1.82) is 0 Å². The van der Waals surface area contributed by atoms with Crippen LogP contribution in [0.3, 0.4) is 0 Å². The zero-order valence-corrected chi connectivity index (χ0v) is 14.7. The number of likely N-dealkylation sites (tertiary alicyclic amines) is 1. The van der Waals surface area contributed by atoms with Crippen LogP contribution < -0.4 is 4.90 Å². The van der Waals surface area contributed by atoms with E-state index in [-0.39, 0.29) is 0 Å². The Morgan fingerprint density at radius 3 is 2.48 bits per heavy atom. The van der Waals surface area contributed by atoms with E-state index in [9.17, 15) is 0 Å². The number of piperidine rings is 1. The van der Waals surface area contributed by atoms with Crippen LogP contribution in [-0.4, -0.2) is 59.1 Å². The van der Waals surface area contributed by atoms with Gasteiger partial charge in [-0.05, 0) is 52.7 Å². The van der Waals surface area contributed by atoms with E-state index < -0.39 is 0 Å². The molecule has 21 heavy (non-hydrogen) atoms. The third kappa shape index (κ3) is 4.61. The fraction of sp³-hybridized carbons (Fsp3) is 0.867. The predicted octanol–water partition coefficient (Wildman–Crippen LogP) is 2.89. The van der Waals surface area contributed by atoms with Crippen LogP contribution in [-0.2, 0) is 0 Å². The highest BCUT2D eigenvalue weighted by Gasteiger charge is 2.16. The molecular weight excluding hydrogens is 282 g/mol. The molecule has 0 spiro atoms. The molecule has 5 nitrogen and oxygen atoms in total. The number of nitrogens with zero attached hydrogens (tertiary/aromatic N) is 5. The summed E-state index contributed by atoms with van der Waals surface area (Å²) in [5.74, 6) is 2.07. The topological polar surface area (TPSA) is 37.2 Å². The Morgan fingerprint density at radius 2 is 1.86 bits per heavy atom. The highest BCUT2D eigenvalue weighted by atomic mass is 32.2. The first-order valence-corrected chi connectivity index (χ1v) is 9.05. The summed E-state index contributed by atoms with van der Waals surface area (Å²) in [7, 11) is 4.04. The van der Waals surface area contributed by atoms with Crippen LogP contribution in [0.4, 0.5) is 5.95 Å². The average Bonchev–Trinajstić information content (AvgIpc) is 2.89. The van der Waals surface area contributed by atoms with Crippen LogP contribution in [0, 0.1) is 0 Å². The van der Waals surface area contributed by atoms with Crippen LogP contribution in [0.1, 0.15) is 45.6 Å². The molecule has 0 aromatic carbocycles. The van der Waals surface area contributed by atoms with Gasteiger partial charge in [-0.3, -0.25) is 4.57 Å². The molecule has 0 aliphatic carbocycles. The van der Waals surface area contributed by atoms with Gasteiger partial charge in [-0.2, -0.15) is 0 Å². The van der Waals surface area contributed by atoms with Gasteiger partial charge < -0.3 is 9.80 Å². The van der Waals surface area contributed by atoms with Crippen molar-refractivity contribution in [1.82, 2.24) is 19.7 Å². The Bertz CT molecular complexity index is 424. The van der Waals surface area contributed by atoms with Gasteiger partial charge in [0.25, 0.3) is 0 Å². The van der Waals surface area contributed by atoms with Gasteiger partial charge in [-0.1, -0.05) is 18.2 Å². The standard InChI is InChI=1S/C15H29N5S/c1-13(2)20-14(18(3)4)16-17-15(20)21-12-8-11-19-9-6-5-7-10-19/h13H,5-12H2,1-4H3. The third-order valence-corrected chi connectivity index (χ3v) is 4.89. The Kier molecular flexibility index (Phi) is 6.36. The Morgan fingerprint density at radius 1 is 1.14 bits per heavy atom. The molecule has 1 aromatic heterocycles. The minimum Gasteiger partial charge on any atom is -0.347 e. The van der Waals surface area contributed by atoms with Crippen molar-refractivity contribution in [3.63, 3.8) is 0 Å². The van der Waals surface area contributed by atoms with Gasteiger partial charge in [0.1, 0.15) is 0 Å². The van der Waals surface area contributed by atoms with E-state index in [2.05, 4.69) is 33.5 Å². The molecule has 1 fully saturated rings. The lowest BCUT2D eigenvalue weighted by Gasteiger charge is -2.26.